The molecular weight excluding hydrogens is 320 g/mol. The molecule has 1 fully saturated rings. The second kappa shape index (κ2) is 7.80. The topological polar surface area (TPSA) is 49.4 Å². The quantitative estimate of drug-likeness (QED) is 0.875. The summed E-state index contributed by atoms with van der Waals surface area (Å²) in [7, 11) is 0. The number of hydrogen-bond donors (Lipinski definition) is 1. The molecule has 3 rings (SSSR count). The van der Waals surface area contributed by atoms with Gasteiger partial charge in [0.05, 0.1) is 11.4 Å². The van der Waals surface area contributed by atoms with Crippen LogP contribution in [-0.4, -0.2) is 24.9 Å². The highest BCUT2D eigenvalue weighted by molar-refractivity contribution is 7.12. The summed E-state index contributed by atoms with van der Waals surface area (Å²) < 4.78 is 0. The molecule has 1 aromatic carbocycles. The number of nitrogens with one attached hydrogen (secondary N) is 1. The van der Waals surface area contributed by atoms with Crippen LogP contribution in [0.3, 0.4) is 0 Å². The molecule has 0 spiro atoms. The van der Waals surface area contributed by atoms with Crippen molar-refractivity contribution in [3.8, 4) is 11.8 Å². The number of rotatable bonds is 3. The summed E-state index contributed by atoms with van der Waals surface area (Å²) in [6.45, 7) is 1.10. The van der Waals surface area contributed by atoms with Crippen molar-refractivity contribution in [2.45, 2.75) is 19.3 Å². The van der Waals surface area contributed by atoms with E-state index in [4.69, 9.17) is 0 Å². The Labute approximate surface area is 145 Å². The number of carbonyl (C=O) groups is 2. The number of nitrogens with zero attached hydrogens (tertiary/aromatic N) is 1. The largest absolute Gasteiger partial charge is 0.340 e. The normalized spacial score (nSPS) is 14.0. The molecule has 0 radical (unpaired) electrons. The molecular formula is C19H18N2O2S. The van der Waals surface area contributed by atoms with Crippen LogP contribution in [0.1, 0.15) is 34.5 Å². The van der Waals surface area contributed by atoms with Crippen LogP contribution >= 0.6 is 11.3 Å². The number of amides is 2. The van der Waals surface area contributed by atoms with Crippen LogP contribution in [0.15, 0.2) is 41.8 Å². The Morgan fingerprint density at radius 1 is 1.21 bits per heavy atom. The van der Waals surface area contributed by atoms with Gasteiger partial charge in [-0.1, -0.05) is 17.9 Å². The van der Waals surface area contributed by atoms with Crippen LogP contribution < -0.4 is 10.2 Å². The lowest BCUT2D eigenvalue weighted by Crippen LogP contribution is -2.35. The standard InChI is InChI=1S/C19H18N2O2S/c22-18-7-1-2-13-21(18)16-10-8-15(9-11-16)5-3-12-20-19(23)17-6-4-14-24-17/h4,6,8-11,14H,1-2,7,12-13H2,(H,20,23). The number of piperidine rings is 1. The first-order valence-electron chi connectivity index (χ1n) is 7.95. The average Bonchev–Trinajstić information content (AvgIpc) is 3.14. The van der Waals surface area contributed by atoms with E-state index in [2.05, 4.69) is 17.2 Å². The smallest absolute Gasteiger partial charge is 0.262 e. The highest BCUT2D eigenvalue weighted by Gasteiger charge is 2.19. The van der Waals surface area contributed by atoms with Crippen LogP contribution in [0.4, 0.5) is 5.69 Å². The lowest BCUT2D eigenvalue weighted by molar-refractivity contribution is -0.119. The molecule has 2 heterocycles. The Morgan fingerprint density at radius 3 is 2.75 bits per heavy atom. The summed E-state index contributed by atoms with van der Waals surface area (Å²) >= 11 is 1.41. The predicted octanol–water partition coefficient (Wildman–Crippen LogP) is 3.05. The Hall–Kier alpha value is -2.58. The third-order valence-corrected chi connectivity index (χ3v) is 4.69. The average molecular weight is 338 g/mol. The van der Waals surface area contributed by atoms with Crippen molar-refractivity contribution in [3.05, 3.63) is 52.2 Å². The van der Waals surface area contributed by atoms with E-state index in [-0.39, 0.29) is 11.8 Å². The van der Waals surface area contributed by atoms with Crippen molar-refractivity contribution < 1.29 is 9.59 Å². The van der Waals surface area contributed by atoms with E-state index in [0.29, 0.717) is 17.8 Å². The van der Waals surface area contributed by atoms with Crippen molar-refractivity contribution in [1.29, 1.82) is 0 Å². The maximum Gasteiger partial charge on any atom is 0.262 e. The molecule has 1 saturated heterocycles. The molecule has 122 valence electrons. The van der Waals surface area contributed by atoms with Crippen molar-refractivity contribution >= 4 is 28.8 Å². The first-order valence-corrected chi connectivity index (χ1v) is 8.83. The van der Waals surface area contributed by atoms with Crippen molar-refractivity contribution in [3.63, 3.8) is 0 Å². The van der Waals surface area contributed by atoms with E-state index < -0.39 is 0 Å². The van der Waals surface area contributed by atoms with Gasteiger partial charge in [-0.3, -0.25) is 9.59 Å². The summed E-state index contributed by atoms with van der Waals surface area (Å²) in [4.78, 5) is 26.2. The number of thiophene rings is 1. The van der Waals surface area contributed by atoms with Gasteiger partial charge >= 0.3 is 0 Å². The Bertz CT molecular complexity index is 770. The fraction of sp³-hybridized carbons (Fsp3) is 0.263. The van der Waals surface area contributed by atoms with Gasteiger partial charge in [0.15, 0.2) is 0 Å². The van der Waals surface area contributed by atoms with Gasteiger partial charge in [-0.2, -0.15) is 0 Å². The Balaban J connectivity index is 1.55. The molecule has 1 aromatic heterocycles. The van der Waals surface area contributed by atoms with Gasteiger partial charge in [0.1, 0.15) is 0 Å². The van der Waals surface area contributed by atoms with Crippen molar-refractivity contribution in [2.24, 2.45) is 0 Å². The van der Waals surface area contributed by atoms with Crippen LogP contribution in [-0.2, 0) is 4.79 Å². The van der Waals surface area contributed by atoms with E-state index in [1.165, 1.54) is 11.3 Å². The number of anilines is 1. The van der Waals surface area contributed by atoms with Gasteiger partial charge < -0.3 is 10.2 Å². The molecule has 1 N–H and O–H groups in total. The molecule has 24 heavy (non-hydrogen) atoms. The molecule has 0 aliphatic carbocycles. The number of hydrogen-bond acceptors (Lipinski definition) is 3. The summed E-state index contributed by atoms with van der Waals surface area (Å²) in [5.74, 6) is 6.06. The lowest BCUT2D eigenvalue weighted by atomic mass is 10.1. The van der Waals surface area contributed by atoms with Crippen LogP contribution in [0.5, 0.6) is 0 Å². The zero-order valence-electron chi connectivity index (χ0n) is 13.2. The van der Waals surface area contributed by atoms with E-state index in [1.54, 1.807) is 6.07 Å². The lowest BCUT2D eigenvalue weighted by Gasteiger charge is -2.26. The SMILES string of the molecule is O=C(NCC#Cc1ccc(N2CCCCC2=O)cc1)c1cccs1. The van der Waals surface area contributed by atoms with E-state index in [0.717, 1.165) is 30.6 Å². The van der Waals surface area contributed by atoms with Crippen molar-refractivity contribution in [2.75, 3.05) is 18.0 Å². The molecule has 4 nitrogen and oxygen atoms in total. The minimum atomic E-state index is -0.0988. The molecule has 2 aromatic rings. The monoisotopic (exact) mass is 338 g/mol. The van der Waals surface area contributed by atoms with E-state index in [9.17, 15) is 9.59 Å². The molecule has 0 saturated carbocycles. The second-order valence-corrected chi connectivity index (χ2v) is 6.46. The van der Waals surface area contributed by atoms with Crippen LogP contribution in [0.25, 0.3) is 0 Å². The number of benzene rings is 1. The maximum absolute atomic E-state index is 11.9. The first kappa shape index (κ1) is 16.3. The third-order valence-electron chi connectivity index (χ3n) is 3.82. The molecule has 2 amide bonds. The predicted molar refractivity (Wildman–Crippen MR) is 96.2 cm³/mol. The highest BCUT2D eigenvalue weighted by Crippen LogP contribution is 2.20. The third kappa shape index (κ3) is 4.03. The summed E-state index contributed by atoms with van der Waals surface area (Å²) in [6.07, 6.45) is 2.67. The van der Waals surface area contributed by atoms with E-state index >= 15 is 0 Å². The molecule has 0 unspecified atom stereocenters. The number of carbonyl (C=O) groups excluding carboxylic acids is 2. The molecule has 0 atom stereocenters. The van der Waals surface area contributed by atoms with Gasteiger partial charge in [-0.25, -0.2) is 0 Å². The molecule has 1 aliphatic heterocycles. The summed E-state index contributed by atoms with van der Waals surface area (Å²) in [5, 5.41) is 4.64. The zero-order chi connectivity index (χ0) is 16.8. The van der Waals surface area contributed by atoms with E-state index in [1.807, 2.05) is 40.6 Å². The van der Waals surface area contributed by atoms with Crippen LogP contribution in [0, 0.1) is 11.8 Å². The zero-order valence-corrected chi connectivity index (χ0v) is 14.1. The summed E-state index contributed by atoms with van der Waals surface area (Å²) in [5.41, 5.74) is 1.80. The Morgan fingerprint density at radius 2 is 2.04 bits per heavy atom. The first-order chi connectivity index (χ1) is 11.7. The highest BCUT2D eigenvalue weighted by atomic mass is 32.1. The van der Waals surface area contributed by atoms with Crippen LogP contribution in [0.2, 0.25) is 0 Å². The van der Waals surface area contributed by atoms with Crippen molar-refractivity contribution in [1.82, 2.24) is 5.32 Å². The van der Waals surface area contributed by atoms with Gasteiger partial charge in [0.2, 0.25) is 5.91 Å². The van der Waals surface area contributed by atoms with Gasteiger partial charge in [0.25, 0.3) is 5.91 Å². The molecule has 0 bridgehead atoms. The molecule has 1 aliphatic rings. The maximum atomic E-state index is 11.9. The van der Waals surface area contributed by atoms with Gasteiger partial charge in [-0.05, 0) is 48.6 Å². The van der Waals surface area contributed by atoms with Gasteiger partial charge in [-0.15, -0.1) is 11.3 Å². The molecule has 5 heteroatoms. The minimum Gasteiger partial charge on any atom is -0.340 e. The fourth-order valence-corrected chi connectivity index (χ4v) is 3.21. The Kier molecular flexibility index (Phi) is 5.29. The fourth-order valence-electron chi connectivity index (χ4n) is 2.57. The minimum absolute atomic E-state index is 0.0988. The summed E-state index contributed by atoms with van der Waals surface area (Å²) in [6, 6.07) is 11.3. The second-order valence-electron chi connectivity index (χ2n) is 5.51. The van der Waals surface area contributed by atoms with Gasteiger partial charge in [0, 0.05) is 24.2 Å².